The van der Waals surface area contributed by atoms with E-state index in [0.717, 1.165) is 0 Å². The summed E-state index contributed by atoms with van der Waals surface area (Å²) in [6, 6.07) is 0. The molecule has 1 heterocycles. The van der Waals surface area contributed by atoms with Gasteiger partial charge in [-0.3, -0.25) is 0 Å². The Kier molecular flexibility index (Phi) is 4.71. The van der Waals surface area contributed by atoms with Crippen LogP contribution >= 0.6 is 0 Å². The van der Waals surface area contributed by atoms with Crippen LogP contribution in [0.4, 0.5) is 17.8 Å². The first-order valence-electron chi connectivity index (χ1n) is 5.14. The number of anilines is 3. The van der Waals surface area contributed by atoms with Crippen LogP contribution in [0.15, 0.2) is 0 Å². The first-order valence-corrected chi connectivity index (χ1v) is 5.14. The fourth-order valence-corrected chi connectivity index (χ4v) is 1.04. The normalized spacial score (nSPS) is 10.2. The molecular weight excluding hydrogens is 208 g/mol. The van der Waals surface area contributed by atoms with Crippen molar-refractivity contribution in [3.8, 4) is 0 Å². The van der Waals surface area contributed by atoms with E-state index in [9.17, 15) is 0 Å². The largest absolute Gasteiger partial charge is 0.380 e. The van der Waals surface area contributed by atoms with Crippen LogP contribution in [0, 0.1) is 0 Å². The van der Waals surface area contributed by atoms with E-state index in [-0.39, 0.29) is 5.95 Å². The molecule has 0 aliphatic heterocycles. The fourth-order valence-electron chi connectivity index (χ4n) is 1.04. The molecule has 0 bridgehead atoms. The highest BCUT2D eigenvalue weighted by Gasteiger charge is 2.04. The predicted octanol–water partition coefficient (Wildman–Crippen LogP) is -0.0318. The molecule has 1 aromatic heterocycles. The molecule has 0 aliphatic rings. The number of nitrogens with two attached hydrogens (primary N) is 1. The molecule has 0 aliphatic carbocycles. The van der Waals surface area contributed by atoms with Crippen molar-refractivity contribution >= 4 is 17.8 Å². The number of rotatable bonds is 6. The van der Waals surface area contributed by atoms with Crippen LogP contribution < -0.4 is 16.0 Å². The summed E-state index contributed by atoms with van der Waals surface area (Å²) in [6.45, 7) is 3.90. The summed E-state index contributed by atoms with van der Waals surface area (Å²) in [5.74, 6) is 1.21. The number of ether oxygens (including phenoxy) is 1. The zero-order valence-electron chi connectivity index (χ0n) is 9.90. The van der Waals surface area contributed by atoms with Crippen molar-refractivity contribution in [2.45, 2.75) is 6.92 Å². The van der Waals surface area contributed by atoms with Gasteiger partial charge in [0.25, 0.3) is 0 Å². The number of hydrogen-bond donors (Lipinski definition) is 2. The molecule has 7 nitrogen and oxygen atoms in total. The molecule has 0 spiro atoms. The van der Waals surface area contributed by atoms with E-state index < -0.39 is 0 Å². The molecule has 0 saturated carbocycles. The summed E-state index contributed by atoms with van der Waals surface area (Å²) in [5.41, 5.74) is 5.57. The van der Waals surface area contributed by atoms with Gasteiger partial charge in [0.2, 0.25) is 17.8 Å². The van der Waals surface area contributed by atoms with E-state index in [1.165, 1.54) is 0 Å². The molecule has 1 aromatic rings. The van der Waals surface area contributed by atoms with E-state index in [0.29, 0.717) is 31.7 Å². The minimum absolute atomic E-state index is 0.206. The molecule has 7 heteroatoms. The van der Waals surface area contributed by atoms with Crippen molar-refractivity contribution in [1.82, 2.24) is 15.0 Å². The molecule has 0 radical (unpaired) electrons. The lowest BCUT2D eigenvalue weighted by molar-refractivity contribution is 0.158. The molecule has 16 heavy (non-hydrogen) atoms. The van der Waals surface area contributed by atoms with Gasteiger partial charge in [0.15, 0.2) is 0 Å². The van der Waals surface area contributed by atoms with E-state index in [1.807, 2.05) is 21.0 Å². The molecule has 3 N–H and O–H groups in total. The van der Waals surface area contributed by atoms with Crippen LogP contribution in [0.2, 0.25) is 0 Å². The third-order valence-corrected chi connectivity index (χ3v) is 1.77. The molecule has 90 valence electrons. The summed E-state index contributed by atoms with van der Waals surface area (Å²) >= 11 is 0. The van der Waals surface area contributed by atoms with Gasteiger partial charge in [-0.05, 0) is 6.92 Å². The van der Waals surface area contributed by atoms with E-state index >= 15 is 0 Å². The monoisotopic (exact) mass is 226 g/mol. The second kappa shape index (κ2) is 6.06. The first-order chi connectivity index (χ1) is 7.63. The number of nitrogens with zero attached hydrogens (tertiary/aromatic N) is 4. The van der Waals surface area contributed by atoms with Crippen molar-refractivity contribution in [3.05, 3.63) is 0 Å². The number of aromatic nitrogens is 3. The Morgan fingerprint density at radius 3 is 2.69 bits per heavy atom. The van der Waals surface area contributed by atoms with E-state index in [1.54, 1.807) is 4.90 Å². The maximum atomic E-state index is 5.57. The topological polar surface area (TPSA) is 89.2 Å². The van der Waals surface area contributed by atoms with Crippen LogP contribution in [-0.2, 0) is 4.74 Å². The Labute approximate surface area is 95.0 Å². The second-order valence-corrected chi connectivity index (χ2v) is 3.34. The molecule has 0 aromatic carbocycles. The second-order valence-electron chi connectivity index (χ2n) is 3.34. The zero-order valence-corrected chi connectivity index (χ0v) is 9.90. The third kappa shape index (κ3) is 3.85. The van der Waals surface area contributed by atoms with Gasteiger partial charge in [0.05, 0.1) is 6.61 Å². The molecule has 0 unspecified atom stereocenters. The van der Waals surface area contributed by atoms with Gasteiger partial charge >= 0.3 is 0 Å². The van der Waals surface area contributed by atoms with Crippen LogP contribution in [0.3, 0.4) is 0 Å². The molecule has 0 fully saturated rings. The summed E-state index contributed by atoms with van der Waals surface area (Å²) < 4.78 is 5.19. The van der Waals surface area contributed by atoms with Gasteiger partial charge < -0.3 is 20.7 Å². The molecular formula is C9H18N6O. The molecule has 0 atom stereocenters. The van der Waals surface area contributed by atoms with Crippen molar-refractivity contribution in [2.75, 3.05) is 49.8 Å². The SMILES string of the molecule is CCOCCNc1nc(N)nc(N(C)C)n1. The summed E-state index contributed by atoms with van der Waals surface area (Å²) in [7, 11) is 3.69. The van der Waals surface area contributed by atoms with Crippen LogP contribution in [0.1, 0.15) is 6.92 Å². The Bertz CT molecular complexity index is 330. The quantitative estimate of drug-likeness (QED) is 0.658. The number of nitrogens with one attached hydrogen (secondary N) is 1. The minimum atomic E-state index is 0.206. The van der Waals surface area contributed by atoms with Gasteiger partial charge in [0.1, 0.15) is 0 Å². The number of hydrogen-bond acceptors (Lipinski definition) is 7. The Balaban J connectivity index is 2.58. The average molecular weight is 226 g/mol. The van der Waals surface area contributed by atoms with Crippen LogP contribution in [0.5, 0.6) is 0 Å². The van der Waals surface area contributed by atoms with Gasteiger partial charge in [-0.1, -0.05) is 0 Å². The van der Waals surface area contributed by atoms with Gasteiger partial charge in [-0.25, -0.2) is 0 Å². The molecule has 0 amide bonds. The van der Waals surface area contributed by atoms with Crippen LogP contribution in [-0.4, -0.2) is 48.8 Å². The Hall–Kier alpha value is -1.63. The molecule has 1 rings (SSSR count). The summed E-state index contributed by atoms with van der Waals surface area (Å²) in [6.07, 6.45) is 0. The molecule has 0 saturated heterocycles. The average Bonchev–Trinajstić information content (AvgIpc) is 2.23. The standard InChI is InChI=1S/C9H18N6O/c1-4-16-6-5-11-8-12-7(10)13-9(14-8)15(2)3/h4-6H2,1-3H3,(H3,10,11,12,13,14). The lowest BCUT2D eigenvalue weighted by atomic mass is 10.6. The lowest BCUT2D eigenvalue weighted by Gasteiger charge is -2.12. The van der Waals surface area contributed by atoms with E-state index in [2.05, 4.69) is 20.3 Å². The van der Waals surface area contributed by atoms with Crippen molar-refractivity contribution < 1.29 is 4.74 Å². The first kappa shape index (κ1) is 12.4. The van der Waals surface area contributed by atoms with Gasteiger partial charge in [-0.15, -0.1) is 0 Å². The van der Waals surface area contributed by atoms with E-state index in [4.69, 9.17) is 10.5 Å². The fraction of sp³-hybridized carbons (Fsp3) is 0.667. The zero-order chi connectivity index (χ0) is 12.0. The highest BCUT2D eigenvalue weighted by atomic mass is 16.5. The van der Waals surface area contributed by atoms with Crippen molar-refractivity contribution in [2.24, 2.45) is 0 Å². The van der Waals surface area contributed by atoms with Gasteiger partial charge in [0, 0.05) is 27.2 Å². The predicted molar refractivity (Wildman–Crippen MR) is 63.5 cm³/mol. The third-order valence-electron chi connectivity index (χ3n) is 1.77. The van der Waals surface area contributed by atoms with Crippen LogP contribution in [0.25, 0.3) is 0 Å². The lowest BCUT2D eigenvalue weighted by Crippen LogP contribution is -2.18. The minimum Gasteiger partial charge on any atom is -0.380 e. The van der Waals surface area contributed by atoms with Crippen molar-refractivity contribution in [1.29, 1.82) is 0 Å². The summed E-state index contributed by atoms with van der Waals surface area (Å²) in [5, 5.41) is 3.02. The number of nitrogen functional groups attached to an aromatic ring is 1. The smallest absolute Gasteiger partial charge is 0.231 e. The Morgan fingerprint density at radius 2 is 2.06 bits per heavy atom. The van der Waals surface area contributed by atoms with Crippen molar-refractivity contribution in [3.63, 3.8) is 0 Å². The highest BCUT2D eigenvalue weighted by molar-refractivity contribution is 5.40. The Morgan fingerprint density at radius 1 is 1.31 bits per heavy atom. The maximum Gasteiger partial charge on any atom is 0.231 e. The highest BCUT2D eigenvalue weighted by Crippen LogP contribution is 2.08. The van der Waals surface area contributed by atoms with Gasteiger partial charge in [-0.2, -0.15) is 15.0 Å². The summed E-state index contributed by atoms with van der Waals surface area (Å²) in [4.78, 5) is 13.9. The maximum absolute atomic E-state index is 5.57.